The van der Waals surface area contributed by atoms with Crippen LogP contribution in [-0.4, -0.2) is 11.9 Å². The molecule has 20 heavy (non-hydrogen) atoms. The van der Waals surface area contributed by atoms with Gasteiger partial charge in [0.1, 0.15) is 5.82 Å². The highest BCUT2D eigenvalue weighted by Gasteiger charge is 2.05. The second-order valence-corrected chi connectivity index (χ2v) is 5.27. The van der Waals surface area contributed by atoms with E-state index < -0.39 is 0 Å². The zero-order valence-electron chi connectivity index (χ0n) is 12.1. The van der Waals surface area contributed by atoms with Crippen molar-refractivity contribution >= 4 is 0 Å². The van der Waals surface area contributed by atoms with Gasteiger partial charge in [-0.25, -0.2) is 4.39 Å². The molecule has 106 valence electrons. The third-order valence-electron chi connectivity index (χ3n) is 3.42. The smallest absolute Gasteiger partial charge is 0.123 e. The Labute approximate surface area is 120 Å². The number of hydrogen-bond donors (Lipinski definition) is 1. The van der Waals surface area contributed by atoms with Crippen LogP contribution in [-0.2, 0) is 19.6 Å². The molecule has 0 atom stereocenters. The van der Waals surface area contributed by atoms with E-state index in [-0.39, 0.29) is 5.82 Å². The highest BCUT2D eigenvalue weighted by molar-refractivity contribution is 5.31. The third-order valence-corrected chi connectivity index (χ3v) is 3.42. The molecule has 0 aliphatic rings. The largest absolute Gasteiger partial charge is 0.326 e. The Morgan fingerprint density at radius 3 is 2.50 bits per heavy atom. The normalized spacial score (nSPS) is 11.1. The van der Waals surface area contributed by atoms with Gasteiger partial charge in [-0.2, -0.15) is 0 Å². The second kappa shape index (κ2) is 6.64. The number of rotatable bonds is 5. The fraction of sp³-hybridized carbons (Fsp3) is 0.294. The minimum atomic E-state index is -0.181. The molecule has 0 heterocycles. The Morgan fingerprint density at radius 2 is 1.85 bits per heavy atom. The monoisotopic (exact) mass is 272 g/mol. The summed E-state index contributed by atoms with van der Waals surface area (Å²) in [6.45, 7) is 4.24. The van der Waals surface area contributed by atoms with Crippen molar-refractivity contribution in [2.45, 2.75) is 26.6 Å². The fourth-order valence-electron chi connectivity index (χ4n) is 2.36. The van der Waals surface area contributed by atoms with Crippen molar-refractivity contribution in [1.82, 2.24) is 4.90 Å². The summed E-state index contributed by atoms with van der Waals surface area (Å²) in [5, 5.41) is 0. The third kappa shape index (κ3) is 3.89. The van der Waals surface area contributed by atoms with Gasteiger partial charge in [-0.05, 0) is 48.4 Å². The summed E-state index contributed by atoms with van der Waals surface area (Å²) in [7, 11) is 2.04. The molecule has 0 amide bonds. The van der Waals surface area contributed by atoms with E-state index in [1.807, 2.05) is 13.1 Å². The summed E-state index contributed by atoms with van der Waals surface area (Å²) < 4.78 is 13.2. The summed E-state index contributed by atoms with van der Waals surface area (Å²) >= 11 is 0. The molecule has 2 nitrogen and oxygen atoms in total. The Balaban J connectivity index is 2.02. The highest BCUT2D eigenvalue weighted by Crippen LogP contribution is 2.14. The van der Waals surface area contributed by atoms with E-state index in [1.165, 1.54) is 17.2 Å². The molecule has 0 saturated heterocycles. The van der Waals surface area contributed by atoms with Crippen LogP contribution in [0.25, 0.3) is 0 Å². The Bertz CT molecular complexity index is 581. The van der Waals surface area contributed by atoms with Crippen LogP contribution in [0.1, 0.15) is 22.3 Å². The fourth-order valence-corrected chi connectivity index (χ4v) is 2.36. The summed E-state index contributed by atoms with van der Waals surface area (Å²) in [6.07, 6.45) is 0. The lowest BCUT2D eigenvalue weighted by molar-refractivity contribution is 0.318. The lowest BCUT2D eigenvalue weighted by Gasteiger charge is -2.18. The first-order chi connectivity index (χ1) is 9.58. The van der Waals surface area contributed by atoms with Crippen LogP contribution < -0.4 is 5.73 Å². The van der Waals surface area contributed by atoms with Gasteiger partial charge >= 0.3 is 0 Å². The maximum atomic E-state index is 13.2. The van der Waals surface area contributed by atoms with Gasteiger partial charge in [-0.1, -0.05) is 30.3 Å². The van der Waals surface area contributed by atoms with Gasteiger partial charge in [0.2, 0.25) is 0 Å². The molecule has 0 aliphatic carbocycles. The zero-order chi connectivity index (χ0) is 14.5. The predicted molar refractivity (Wildman–Crippen MR) is 80.6 cm³/mol. The molecule has 0 saturated carbocycles. The van der Waals surface area contributed by atoms with E-state index in [1.54, 1.807) is 12.1 Å². The van der Waals surface area contributed by atoms with Crippen LogP contribution in [0.15, 0.2) is 42.5 Å². The van der Waals surface area contributed by atoms with Gasteiger partial charge in [-0.15, -0.1) is 0 Å². The molecule has 2 aromatic carbocycles. The van der Waals surface area contributed by atoms with Crippen LogP contribution >= 0.6 is 0 Å². The van der Waals surface area contributed by atoms with Crippen molar-refractivity contribution < 1.29 is 4.39 Å². The summed E-state index contributed by atoms with van der Waals surface area (Å²) in [4.78, 5) is 2.18. The molecule has 3 heteroatoms. The molecule has 0 aromatic heterocycles. The van der Waals surface area contributed by atoms with Crippen molar-refractivity contribution in [1.29, 1.82) is 0 Å². The molecule has 2 rings (SSSR count). The first kappa shape index (κ1) is 14.7. The number of nitrogens with two attached hydrogens (primary N) is 1. The molecule has 2 N–H and O–H groups in total. The number of benzene rings is 2. The second-order valence-electron chi connectivity index (χ2n) is 5.27. The average Bonchev–Trinajstić information content (AvgIpc) is 2.41. The molecule has 2 aromatic rings. The van der Waals surface area contributed by atoms with E-state index in [2.05, 4.69) is 30.0 Å². The highest BCUT2D eigenvalue weighted by atomic mass is 19.1. The van der Waals surface area contributed by atoms with Gasteiger partial charge in [-0.3, -0.25) is 4.90 Å². The van der Waals surface area contributed by atoms with Crippen LogP contribution in [0.5, 0.6) is 0 Å². The van der Waals surface area contributed by atoms with Crippen LogP contribution in [0.2, 0.25) is 0 Å². The van der Waals surface area contributed by atoms with Crippen molar-refractivity contribution in [2.24, 2.45) is 5.73 Å². The van der Waals surface area contributed by atoms with E-state index in [9.17, 15) is 4.39 Å². The number of aryl methyl sites for hydroxylation is 1. The van der Waals surface area contributed by atoms with Crippen molar-refractivity contribution in [2.75, 3.05) is 7.05 Å². The van der Waals surface area contributed by atoms with Crippen LogP contribution in [0.4, 0.5) is 4.39 Å². The molecule has 0 aliphatic heterocycles. The number of nitrogens with zero attached hydrogens (tertiary/aromatic N) is 1. The molecule has 0 fully saturated rings. The minimum absolute atomic E-state index is 0.181. The van der Waals surface area contributed by atoms with Gasteiger partial charge in [0.05, 0.1) is 0 Å². The van der Waals surface area contributed by atoms with E-state index in [0.29, 0.717) is 6.54 Å². The summed E-state index contributed by atoms with van der Waals surface area (Å²) in [6, 6.07) is 13.1. The van der Waals surface area contributed by atoms with E-state index >= 15 is 0 Å². The Morgan fingerprint density at radius 1 is 1.05 bits per heavy atom. The van der Waals surface area contributed by atoms with Crippen molar-refractivity contribution in [3.63, 3.8) is 0 Å². The zero-order valence-corrected chi connectivity index (χ0v) is 12.1. The van der Waals surface area contributed by atoms with Crippen LogP contribution in [0, 0.1) is 12.7 Å². The number of halogens is 1. The maximum Gasteiger partial charge on any atom is 0.123 e. The van der Waals surface area contributed by atoms with Gasteiger partial charge < -0.3 is 5.73 Å². The lowest BCUT2D eigenvalue weighted by Crippen LogP contribution is -2.18. The summed E-state index contributed by atoms with van der Waals surface area (Å²) in [5.74, 6) is -0.181. The molecule has 0 spiro atoms. The van der Waals surface area contributed by atoms with E-state index in [0.717, 1.165) is 24.2 Å². The topological polar surface area (TPSA) is 29.3 Å². The first-order valence-corrected chi connectivity index (χ1v) is 6.80. The molecule has 0 radical (unpaired) electrons. The molecular formula is C17H21FN2. The first-order valence-electron chi connectivity index (χ1n) is 6.80. The Kier molecular flexibility index (Phi) is 4.88. The van der Waals surface area contributed by atoms with Gasteiger partial charge in [0, 0.05) is 19.6 Å². The molecule has 0 unspecified atom stereocenters. The number of hydrogen-bond acceptors (Lipinski definition) is 2. The quantitative estimate of drug-likeness (QED) is 0.905. The molecule has 0 bridgehead atoms. The minimum Gasteiger partial charge on any atom is -0.326 e. The van der Waals surface area contributed by atoms with Gasteiger partial charge in [0.15, 0.2) is 0 Å². The van der Waals surface area contributed by atoms with Crippen molar-refractivity contribution in [3.05, 3.63) is 70.5 Å². The molecular weight excluding hydrogens is 251 g/mol. The SMILES string of the molecule is Cc1cc(CN)ccc1CN(C)Cc1cccc(F)c1. The van der Waals surface area contributed by atoms with Gasteiger partial charge in [0.25, 0.3) is 0 Å². The standard InChI is InChI=1S/C17H21FN2/c1-13-8-14(10-19)6-7-16(13)12-20(2)11-15-4-3-5-17(18)9-15/h3-9H,10-12,19H2,1-2H3. The summed E-state index contributed by atoms with van der Waals surface area (Å²) in [5.41, 5.74) is 10.3. The van der Waals surface area contributed by atoms with E-state index in [4.69, 9.17) is 5.73 Å². The average molecular weight is 272 g/mol. The predicted octanol–water partition coefficient (Wildman–Crippen LogP) is 3.22. The van der Waals surface area contributed by atoms with Crippen molar-refractivity contribution in [3.8, 4) is 0 Å². The Hall–Kier alpha value is -1.71. The van der Waals surface area contributed by atoms with Crippen LogP contribution in [0.3, 0.4) is 0 Å². The lowest BCUT2D eigenvalue weighted by atomic mass is 10.0. The maximum absolute atomic E-state index is 13.2.